The lowest BCUT2D eigenvalue weighted by molar-refractivity contribution is 0.414. The average Bonchev–Trinajstić information content (AvgIpc) is 2.41. The van der Waals surface area contributed by atoms with E-state index in [0.29, 0.717) is 4.99 Å². The molecule has 0 aromatic heterocycles. The number of rotatable bonds is 4. The van der Waals surface area contributed by atoms with Crippen LogP contribution in [-0.4, -0.2) is 12.1 Å². The van der Waals surface area contributed by atoms with Gasteiger partial charge in [-0.05, 0) is 42.8 Å². The van der Waals surface area contributed by atoms with Gasteiger partial charge in [0.25, 0.3) is 0 Å². The van der Waals surface area contributed by atoms with Gasteiger partial charge in [-0.25, -0.2) is 0 Å². The molecule has 0 heterocycles. The summed E-state index contributed by atoms with van der Waals surface area (Å²) < 4.78 is 5.19. The first-order valence-corrected chi connectivity index (χ1v) is 6.33. The van der Waals surface area contributed by atoms with Crippen molar-refractivity contribution in [1.82, 2.24) is 0 Å². The fourth-order valence-electron chi connectivity index (χ4n) is 1.86. The van der Waals surface area contributed by atoms with Gasteiger partial charge in [-0.2, -0.15) is 0 Å². The molecule has 4 heteroatoms. The lowest BCUT2D eigenvalue weighted by Gasteiger charge is -2.13. The van der Waals surface area contributed by atoms with Crippen LogP contribution in [0.1, 0.15) is 11.1 Å². The highest BCUT2D eigenvalue weighted by Gasteiger charge is 2.06. The number of nitrogens with one attached hydrogen (secondary N) is 1. The molecule has 0 atom stereocenters. The minimum Gasteiger partial charge on any atom is -0.497 e. The maximum atomic E-state index is 5.72. The van der Waals surface area contributed by atoms with E-state index in [1.807, 2.05) is 49.4 Å². The van der Waals surface area contributed by atoms with E-state index >= 15 is 0 Å². The highest BCUT2D eigenvalue weighted by Crippen LogP contribution is 2.26. The van der Waals surface area contributed by atoms with Crippen LogP contribution in [0.25, 0.3) is 0 Å². The van der Waals surface area contributed by atoms with Crippen molar-refractivity contribution in [3.8, 4) is 5.75 Å². The molecule has 0 saturated heterocycles. The summed E-state index contributed by atoms with van der Waals surface area (Å²) in [6.45, 7) is 2.02. The van der Waals surface area contributed by atoms with Gasteiger partial charge in [0.15, 0.2) is 0 Å². The zero-order chi connectivity index (χ0) is 13.8. The van der Waals surface area contributed by atoms with Gasteiger partial charge in [0.1, 0.15) is 10.7 Å². The molecule has 0 saturated carbocycles. The monoisotopic (exact) mass is 272 g/mol. The Morgan fingerprint density at radius 1 is 1.16 bits per heavy atom. The van der Waals surface area contributed by atoms with Crippen molar-refractivity contribution in [2.24, 2.45) is 5.73 Å². The van der Waals surface area contributed by atoms with Gasteiger partial charge >= 0.3 is 0 Å². The number of para-hydroxylation sites is 1. The van der Waals surface area contributed by atoms with E-state index in [1.54, 1.807) is 7.11 Å². The van der Waals surface area contributed by atoms with Crippen molar-refractivity contribution in [2.45, 2.75) is 6.92 Å². The van der Waals surface area contributed by atoms with Gasteiger partial charge in [-0.3, -0.25) is 0 Å². The molecule has 3 nitrogen and oxygen atoms in total. The topological polar surface area (TPSA) is 47.3 Å². The predicted octanol–water partition coefficient (Wildman–Crippen LogP) is 3.38. The summed E-state index contributed by atoms with van der Waals surface area (Å²) in [7, 11) is 1.66. The van der Waals surface area contributed by atoms with Crippen molar-refractivity contribution < 1.29 is 4.74 Å². The van der Waals surface area contributed by atoms with Crippen LogP contribution in [0.4, 0.5) is 11.4 Å². The Labute approximate surface area is 118 Å². The molecule has 19 heavy (non-hydrogen) atoms. The number of nitrogens with two attached hydrogens (primary N) is 1. The largest absolute Gasteiger partial charge is 0.497 e. The molecular formula is C15H16N2OS. The van der Waals surface area contributed by atoms with Gasteiger partial charge < -0.3 is 15.8 Å². The van der Waals surface area contributed by atoms with Crippen LogP contribution in [0.3, 0.4) is 0 Å². The second-order valence-electron chi connectivity index (χ2n) is 4.22. The van der Waals surface area contributed by atoms with E-state index in [-0.39, 0.29) is 0 Å². The molecule has 0 aliphatic rings. The first kappa shape index (κ1) is 13.4. The number of aryl methyl sites for hydroxylation is 1. The van der Waals surface area contributed by atoms with Crippen molar-refractivity contribution in [3.05, 3.63) is 53.6 Å². The summed E-state index contributed by atoms with van der Waals surface area (Å²) in [5.41, 5.74) is 9.57. The lowest BCUT2D eigenvalue weighted by Crippen LogP contribution is -2.11. The summed E-state index contributed by atoms with van der Waals surface area (Å²) in [5.74, 6) is 0.839. The van der Waals surface area contributed by atoms with E-state index in [1.165, 1.54) is 0 Å². The predicted molar refractivity (Wildman–Crippen MR) is 83.3 cm³/mol. The zero-order valence-corrected chi connectivity index (χ0v) is 11.8. The second kappa shape index (κ2) is 5.71. The molecule has 0 radical (unpaired) electrons. The molecule has 3 N–H and O–H groups in total. The Hall–Kier alpha value is -2.07. The highest BCUT2D eigenvalue weighted by atomic mass is 32.1. The fourth-order valence-corrected chi connectivity index (χ4v) is 2.03. The third kappa shape index (κ3) is 3.03. The van der Waals surface area contributed by atoms with Crippen LogP contribution in [0.2, 0.25) is 0 Å². The van der Waals surface area contributed by atoms with Crippen LogP contribution in [0.15, 0.2) is 42.5 Å². The second-order valence-corrected chi connectivity index (χ2v) is 4.66. The third-order valence-electron chi connectivity index (χ3n) is 2.90. The normalized spacial score (nSPS) is 10.0. The van der Waals surface area contributed by atoms with Gasteiger partial charge in [0.2, 0.25) is 0 Å². The fraction of sp³-hybridized carbons (Fsp3) is 0.133. The van der Waals surface area contributed by atoms with Crippen LogP contribution in [-0.2, 0) is 0 Å². The molecule has 2 aromatic rings. The SMILES string of the molecule is COc1ccc(Nc2ccccc2C(N)=S)c(C)c1. The first-order valence-electron chi connectivity index (χ1n) is 5.92. The van der Waals surface area contributed by atoms with Crippen LogP contribution in [0, 0.1) is 6.92 Å². The van der Waals surface area contributed by atoms with Crippen LogP contribution >= 0.6 is 12.2 Å². The van der Waals surface area contributed by atoms with Crippen LogP contribution in [0.5, 0.6) is 5.75 Å². The quantitative estimate of drug-likeness (QED) is 0.838. The standard InChI is InChI=1S/C15H16N2OS/c1-10-9-11(18-2)7-8-13(10)17-14-6-4-3-5-12(14)15(16)19/h3-9,17H,1-2H3,(H2,16,19). The molecule has 0 fully saturated rings. The van der Waals surface area contributed by atoms with Gasteiger partial charge in [-0.15, -0.1) is 0 Å². The minimum atomic E-state index is 0.384. The molecule has 0 aliphatic carbocycles. The Balaban J connectivity index is 2.34. The zero-order valence-electron chi connectivity index (χ0n) is 10.9. The molecule has 98 valence electrons. The van der Waals surface area contributed by atoms with E-state index in [2.05, 4.69) is 5.32 Å². The van der Waals surface area contributed by atoms with E-state index in [0.717, 1.165) is 28.3 Å². The molecule has 0 aliphatic heterocycles. The van der Waals surface area contributed by atoms with E-state index < -0.39 is 0 Å². The Morgan fingerprint density at radius 2 is 1.89 bits per heavy atom. The number of hydrogen-bond donors (Lipinski definition) is 2. The van der Waals surface area contributed by atoms with Crippen LogP contribution < -0.4 is 15.8 Å². The minimum absolute atomic E-state index is 0.384. The third-order valence-corrected chi connectivity index (χ3v) is 3.12. The summed E-state index contributed by atoms with van der Waals surface area (Å²) in [6.07, 6.45) is 0. The lowest BCUT2D eigenvalue weighted by atomic mass is 10.1. The van der Waals surface area contributed by atoms with E-state index in [4.69, 9.17) is 22.7 Å². The Kier molecular flexibility index (Phi) is 4.02. The van der Waals surface area contributed by atoms with Gasteiger partial charge in [-0.1, -0.05) is 24.4 Å². The molecule has 2 aromatic carbocycles. The summed E-state index contributed by atoms with van der Waals surface area (Å²) in [5, 5.41) is 3.35. The summed E-state index contributed by atoms with van der Waals surface area (Å²) in [6, 6.07) is 13.6. The molecule has 0 amide bonds. The van der Waals surface area contributed by atoms with Crippen molar-refractivity contribution in [2.75, 3.05) is 12.4 Å². The number of benzene rings is 2. The maximum absolute atomic E-state index is 5.72. The van der Waals surface area contributed by atoms with Gasteiger partial charge in [0, 0.05) is 16.9 Å². The molecule has 0 unspecified atom stereocenters. The molecule has 0 spiro atoms. The number of anilines is 2. The van der Waals surface area contributed by atoms with Crippen molar-refractivity contribution >= 4 is 28.6 Å². The van der Waals surface area contributed by atoms with E-state index in [9.17, 15) is 0 Å². The maximum Gasteiger partial charge on any atom is 0.119 e. The van der Waals surface area contributed by atoms with Crippen molar-refractivity contribution in [3.63, 3.8) is 0 Å². The highest BCUT2D eigenvalue weighted by molar-refractivity contribution is 7.80. The number of thiocarbonyl (C=S) groups is 1. The Morgan fingerprint density at radius 3 is 2.53 bits per heavy atom. The number of ether oxygens (including phenoxy) is 1. The molecule has 0 bridgehead atoms. The summed E-state index contributed by atoms with van der Waals surface area (Å²) >= 11 is 5.06. The number of hydrogen-bond acceptors (Lipinski definition) is 3. The average molecular weight is 272 g/mol. The smallest absolute Gasteiger partial charge is 0.119 e. The molecular weight excluding hydrogens is 256 g/mol. The summed E-state index contributed by atoms with van der Waals surface area (Å²) in [4.78, 5) is 0.384. The molecule has 2 rings (SSSR count). The Bertz CT molecular complexity index is 611. The van der Waals surface area contributed by atoms with Gasteiger partial charge in [0.05, 0.1) is 7.11 Å². The first-order chi connectivity index (χ1) is 9.11. The number of methoxy groups -OCH3 is 1. The van der Waals surface area contributed by atoms with Crippen molar-refractivity contribution in [1.29, 1.82) is 0 Å².